The molecular weight excluding hydrogens is 476 g/mol. The van der Waals surface area contributed by atoms with Crippen molar-refractivity contribution in [3.05, 3.63) is 47.0 Å². The Hall–Kier alpha value is -2.84. The summed E-state index contributed by atoms with van der Waals surface area (Å²) in [5.41, 5.74) is 0.832. The average molecular weight is 503 g/mol. The van der Waals surface area contributed by atoms with Crippen molar-refractivity contribution in [2.45, 2.75) is 23.6 Å². The number of rotatable bonds is 6. The van der Waals surface area contributed by atoms with Crippen LogP contribution in [-0.4, -0.2) is 67.6 Å². The van der Waals surface area contributed by atoms with E-state index in [1.54, 1.807) is 28.9 Å². The summed E-state index contributed by atoms with van der Waals surface area (Å²) in [6, 6.07) is 9.50. The van der Waals surface area contributed by atoms with Crippen LogP contribution in [0.5, 0.6) is 17.2 Å². The fourth-order valence-corrected chi connectivity index (χ4v) is 4.99. The first-order valence-electron chi connectivity index (χ1n) is 11.2. The van der Waals surface area contributed by atoms with Crippen molar-refractivity contribution in [1.82, 2.24) is 9.80 Å². The van der Waals surface area contributed by atoms with Crippen molar-refractivity contribution in [3.8, 4) is 17.2 Å². The van der Waals surface area contributed by atoms with Gasteiger partial charge >= 0.3 is 0 Å². The fraction of sp³-hybridized carbons (Fsp3) is 0.360. The molecule has 4 rings (SSSR count). The highest BCUT2D eigenvalue weighted by Gasteiger charge is 2.23. The summed E-state index contributed by atoms with van der Waals surface area (Å²) >= 11 is 8.06. The average Bonchev–Trinajstić information content (AvgIpc) is 2.85. The van der Waals surface area contributed by atoms with Gasteiger partial charge in [-0.2, -0.15) is 0 Å². The van der Waals surface area contributed by atoms with Crippen LogP contribution < -0.4 is 14.2 Å². The van der Waals surface area contributed by atoms with Gasteiger partial charge in [0.05, 0.1) is 16.5 Å². The van der Waals surface area contributed by atoms with Crippen molar-refractivity contribution < 1.29 is 23.8 Å². The van der Waals surface area contributed by atoms with Gasteiger partial charge in [-0.05, 0) is 42.8 Å². The zero-order chi connectivity index (χ0) is 24.1. The van der Waals surface area contributed by atoms with E-state index in [4.69, 9.17) is 25.8 Å². The first-order valence-corrected chi connectivity index (χ1v) is 12.4. The molecule has 0 saturated carbocycles. The molecule has 2 aliphatic heterocycles. The monoisotopic (exact) mass is 502 g/mol. The van der Waals surface area contributed by atoms with E-state index < -0.39 is 0 Å². The highest BCUT2D eigenvalue weighted by Crippen LogP contribution is 2.48. The topological polar surface area (TPSA) is 68.3 Å². The third-order valence-electron chi connectivity index (χ3n) is 5.55. The number of carbonyl (C=O) groups excluding carboxylic acids is 2. The predicted molar refractivity (Wildman–Crippen MR) is 132 cm³/mol. The molecule has 0 atom stereocenters. The standard InChI is InChI=1S/C25H27ClN2O5S/c1-3-31-20-6-8-22(25-24(20)32-14-15-33-25)34-21-7-4-18(16-19(21)26)5-9-23(30)28-12-10-27(11-13-28)17(2)29/h4-9,16H,3,10-15H2,1-2H3. The number of halogens is 1. The minimum absolute atomic E-state index is 0.0417. The molecule has 0 radical (unpaired) electrons. The van der Waals surface area contributed by atoms with Gasteiger partial charge in [-0.3, -0.25) is 9.59 Å². The molecule has 0 N–H and O–H groups in total. The summed E-state index contributed by atoms with van der Waals surface area (Å²) in [6.07, 6.45) is 3.31. The molecule has 0 unspecified atom stereocenters. The second kappa shape index (κ2) is 11.1. The number of benzene rings is 2. The lowest BCUT2D eigenvalue weighted by molar-refractivity contribution is -0.135. The van der Waals surface area contributed by atoms with E-state index in [1.807, 2.05) is 37.3 Å². The molecule has 2 aliphatic rings. The van der Waals surface area contributed by atoms with Gasteiger partial charge < -0.3 is 24.0 Å². The van der Waals surface area contributed by atoms with Crippen molar-refractivity contribution in [2.24, 2.45) is 0 Å². The Balaban J connectivity index is 1.43. The number of carbonyl (C=O) groups is 2. The number of hydrogen-bond acceptors (Lipinski definition) is 6. The summed E-state index contributed by atoms with van der Waals surface area (Å²) in [5.74, 6) is 1.92. The van der Waals surface area contributed by atoms with Gasteiger partial charge in [0.2, 0.25) is 17.6 Å². The van der Waals surface area contributed by atoms with Crippen LogP contribution >= 0.6 is 23.4 Å². The van der Waals surface area contributed by atoms with E-state index >= 15 is 0 Å². The summed E-state index contributed by atoms with van der Waals surface area (Å²) in [7, 11) is 0. The zero-order valence-electron chi connectivity index (χ0n) is 19.2. The number of hydrogen-bond donors (Lipinski definition) is 0. The number of amides is 2. The molecule has 1 fully saturated rings. The molecule has 2 amide bonds. The highest BCUT2D eigenvalue weighted by atomic mass is 35.5. The van der Waals surface area contributed by atoms with Crippen LogP contribution in [0.4, 0.5) is 0 Å². The van der Waals surface area contributed by atoms with E-state index in [9.17, 15) is 9.59 Å². The maximum atomic E-state index is 12.5. The molecule has 2 aromatic carbocycles. The minimum atomic E-state index is -0.0732. The number of piperazine rings is 1. The summed E-state index contributed by atoms with van der Waals surface area (Å²) < 4.78 is 17.3. The van der Waals surface area contributed by atoms with E-state index in [0.29, 0.717) is 68.3 Å². The van der Waals surface area contributed by atoms with Crippen LogP contribution in [0.3, 0.4) is 0 Å². The van der Waals surface area contributed by atoms with E-state index in [2.05, 4.69) is 0 Å². The first-order chi connectivity index (χ1) is 16.5. The van der Waals surface area contributed by atoms with Crippen LogP contribution in [0.2, 0.25) is 5.02 Å². The smallest absolute Gasteiger partial charge is 0.246 e. The van der Waals surface area contributed by atoms with Crippen LogP contribution in [0.15, 0.2) is 46.2 Å². The quantitative estimate of drug-likeness (QED) is 0.546. The summed E-state index contributed by atoms with van der Waals surface area (Å²) in [6.45, 7) is 7.19. The lowest BCUT2D eigenvalue weighted by Crippen LogP contribution is -2.49. The van der Waals surface area contributed by atoms with Crippen molar-refractivity contribution in [2.75, 3.05) is 46.0 Å². The Morgan fingerprint density at radius 1 is 1.03 bits per heavy atom. The first kappa shape index (κ1) is 24.3. The van der Waals surface area contributed by atoms with E-state index in [-0.39, 0.29) is 11.8 Å². The molecule has 0 bridgehead atoms. The molecule has 2 aromatic rings. The van der Waals surface area contributed by atoms with Crippen molar-refractivity contribution in [1.29, 1.82) is 0 Å². The van der Waals surface area contributed by atoms with Gasteiger partial charge in [0, 0.05) is 44.1 Å². The molecule has 2 heterocycles. The molecule has 1 saturated heterocycles. The van der Waals surface area contributed by atoms with Gasteiger partial charge in [-0.25, -0.2) is 0 Å². The van der Waals surface area contributed by atoms with Gasteiger partial charge in [-0.15, -0.1) is 0 Å². The second-order valence-electron chi connectivity index (χ2n) is 7.81. The zero-order valence-corrected chi connectivity index (χ0v) is 20.8. The second-order valence-corrected chi connectivity index (χ2v) is 9.30. The Morgan fingerprint density at radius 2 is 1.71 bits per heavy atom. The van der Waals surface area contributed by atoms with E-state index in [0.717, 1.165) is 15.4 Å². The predicted octanol–water partition coefficient (Wildman–Crippen LogP) is 4.37. The summed E-state index contributed by atoms with van der Waals surface area (Å²) in [5, 5.41) is 0.578. The van der Waals surface area contributed by atoms with Gasteiger partial charge in [0.1, 0.15) is 13.2 Å². The Kier molecular flexibility index (Phi) is 7.90. The molecule has 0 spiro atoms. The van der Waals surface area contributed by atoms with Crippen molar-refractivity contribution in [3.63, 3.8) is 0 Å². The number of fused-ring (bicyclic) bond motifs is 1. The number of nitrogens with zero attached hydrogens (tertiary/aromatic N) is 2. The Bertz CT molecular complexity index is 1100. The maximum absolute atomic E-state index is 12.5. The molecule has 0 aliphatic carbocycles. The van der Waals surface area contributed by atoms with Crippen LogP contribution in [0.25, 0.3) is 6.08 Å². The SMILES string of the molecule is CCOc1ccc(Sc2ccc(C=CC(=O)N3CCN(C(C)=O)CC3)cc2Cl)c2c1OCCO2. The molecular formula is C25H27ClN2O5S. The summed E-state index contributed by atoms with van der Waals surface area (Å²) in [4.78, 5) is 29.2. The number of ether oxygens (including phenoxy) is 3. The maximum Gasteiger partial charge on any atom is 0.246 e. The van der Waals surface area contributed by atoms with Crippen LogP contribution in [-0.2, 0) is 9.59 Å². The fourth-order valence-electron chi connectivity index (χ4n) is 3.77. The highest BCUT2D eigenvalue weighted by molar-refractivity contribution is 7.99. The van der Waals surface area contributed by atoms with Crippen LogP contribution in [0, 0.1) is 0 Å². The third kappa shape index (κ3) is 5.62. The molecule has 180 valence electrons. The van der Waals surface area contributed by atoms with Crippen molar-refractivity contribution >= 4 is 41.3 Å². The Labute approximate surface area is 208 Å². The van der Waals surface area contributed by atoms with Gasteiger partial charge in [0.25, 0.3) is 0 Å². The van der Waals surface area contributed by atoms with Gasteiger partial charge in [0.15, 0.2) is 11.5 Å². The molecule has 0 aromatic heterocycles. The third-order valence-corrected chi connectivity index (χ3v) is 7.09. The lowest BCUT2D eigenvalue weighted by Gasteiger charge is -2.33. The molecule has 34 heavy (non-hydrogen) atoms. The molecule has 7 nitrogen and oxygen atoms in total. The minimum Gasteiger partial charge on any atom is -0.490 e. The lowest BCUT2D eigenvalue weighted by atomic mass is 10.2. The largest absolute Gasteiger partial charge is 0.490 e. The van der Waals surface area contributed by atoms with Gasteiger partial charge in [-0.1, -0.05) is 29.4 Å². The normalized spacial score (nSPS) is 15.5. The van der Waals surface area contributed by atoms with Crippen LogP contribution in [0.1, 0.15) is 19.4 Å². The molecule has 9 heteroatoms. The Morgan fingerprint density at radius 3 is 2.38 bits per heavy atom. The van der Waals surface area contributed by atoms with E-state index in [1.165, 1.54) is 11.8 Å².